The lowest BCUT2D eigenvalue weighted by molar-refractivity contribution is -0.385. The molecule has 0 fully saturated rings. The molecule has 3 rings (SSSR count). The molecule has 0 unspecified atom stereocenters. The van der Waals surface area contributed by atoms with E-state index in [0.29, 0.717) is 12.2 Å². The van der Waals surface area contributed by atoms with Crippen molar-refractivity contribution in [2.75, 3.05) is 12.4 Å². The van der Waals surface area contributed by atoms with Crippen molar-refractivity contribution in [2.24, 2.45) is 0 Å². The van der Waals surface area contributed by atoms with E-state index in [-0.39, 0.29) is 11.3 Å². The van der Waals surface area contributed by atoms with Crippen LogP contribution in [-0.2, 0) is 11.3 Å². The van der Waals surface area contributed by atoms with Crippen LogP contribution in [0.3, 0.4) is 0 Å². The number of ether oxygens (including phenoxy) is 1. The summed E-state index contributed by atoms with van der Waals surface area (Å²) in [7, 11) is 1.19. The zero-order valence-electron chi connectivity index (χ0n) is 13.7. The Balaban J connectivity index is 1.83. The maximum atomic E-state index is 11.7. The number of nitrogens with one attached hydrogen (secondary N) is 1. The fourth-order valence-electron chi connectivity index (χ4n) is 2.56. The minimum atomic E-state index is -0.751. The van der Waals surface area contributed by atoms with Crippen molar-refractivity contribution in [1.82, 2.24) is 9.38 Å². The van der Waals surface area contributed by atoms with Gasteiger partial charge in [0.05, 0.1) is 24.3 Å². The number of carbonyl (C=O) groups is 1. The maximum absolute atomic E-state index is 11.7. The van der Waals surface area contributed by atoms with Crippen molar-refractivity contribution in [3.8, 4) is 0 Å². The van der Waals surface area contributed by atoms with Crippen LogP contribution in [-0.4, -0.2) is 27.4 Å². The van der Waals surface area contributed by atoms with Gasteiger partial charge in [0.2, 0.25) is 0 Å². The van der Waals surface area contributed by atoms with Gasteiger partial charge in [0, 0.05) is 23.6 Å². The average Bonchev–Trinajstić information content (AvgIpc) is 3.03. The van der Waals surface area contributed by atoms with Gasteiger partial charge in [0.25, 0.3) is 5.69 Å². The van der Waals surface area contributed by atoms with E-state index in [1.807, 2.05) is 35.7 Å². The Bertz CT molecular complexity index is 964. The molecular weight excluding hydrogens is 324 g/mol. The molecule has 0 aliphatic rings. The zero-order chi connectivity index (χ0) is 18.0. The summed E-state index contributed by atoms with van der Waals surface area (Å²) in [6.45, 7) is 2.41. The average molecular weight is 340 g/mol. The van der Waals surface area contributed by atoms with Gasteiger partial charge in [0.1, 0.15) is 11.2 Å². The predicted molar refractivity (Wildman–Crippen MR) is 91.7 cm³/mol. The van der Waals surface area contributed by atoms with Crippen LogP contribution in [0.25, 0.3) is 5.65 Å². The topological polar surface area (TPSA) is 98.8 Å². The molecule has 128 valence electrons. The third kappa shape index (κ3) is 3.27. The van der Waals surface area contributed by atoms with Crippen molar-refractivity contribution >= 4 is 23.0 Å². The summed E-state index contributed by atoms with van der Waals surface area (Å²) in [5, 5.41) is 14.1. The van der Waals surface area contributed by atoms with Crippen LogP contribution in [0.15, 0.2) is 42.6 Å². The predicted octanol–water partition coefficient (Wildman–Crippen LogP) is 2.95. The van der Waals surface area contributed by atoms with E-state index in [1.165, 1.54) is 19.2 Å². The third-order valence-corrected chi connectivity index (χ3v) is 3.82. The fraction of sp³-hybridized carbons (Fsp3) is 0.176. The Labute approximate surface area is 143 Å². The van der Waals surface area contributed by atoms with Crippen LogP contribution in [0, 0.1) is 17.0 Å². The molecule has 2 heterocycles. The first-order chi connectivity index (χ1) is 12.0. The number of aromatic nitrogens is 2. The number of esters is 1. The molecule has 8 heteroatoms. The van der Waals surface area contributed by atoms with E-state index in [4.69, 9.17) is 0 Å². The molecule has 0 bridgehead atoms. The summed E-state index contributed by atoms with van der Waals surface area (Å²) in [6.07, 6.45) is 1.92. The molecule has 8 nitrogen and oxygen atoms in total. The number of rotatable bonds is 5. The van der Waals surface area contributed by atoms with Gasteiger partial charge in [-0.2, -0.15) is 0 Å². The summed E-state index contributed by atoms with van der Waals surface area (Å²) < 4.78 is 6.59. The van der Waals surface area contributed by atoms with E-state index in [9.17, 15) is 14.9 Å². The second-order valence-corrected chi connectivity index (χ2v) is 5.46. The Morgan fingerprint density at radius 3 is 2.84 bits per heavy atom. The molecule has 0 atom stereocenters. The number of imidazole rings is 1. The Morgan fingerprint density at radius 1 is 1.36 bits per heavy atom. The number of aryl methyl sites for hydroxylation is 1. The van der Waals surface area contributed by atoms with E-state index < -0.39 is 10.9 Å². The summed E-state index contributed by atoms with van der Waals surface area (Å²) >= 11 is 0. The van der Waals surface area contributed by atoms with E-state index in [2.05, 4.69) is 15.0 Å². The largest absolute Gasteiger partial charge is 0.465 e. The van der Waals surface area contributed by atoms with Crippen molar-refractivity contribution in [3.05, 3.63) is 69.7 Å². The number of anilines is 1. The molecule has 1 aromatic carbocycles. The van der Waals surface area contributed by atoms with Crippen LogP contribution in [0.5, 0.6) is 0 Å². The van der Waals surface area contributed by atoms with Crippen LogP contribution in [0.4, 0.5) is 11.4 Å². The molecule has 0 saturated carbocycles. The van der Waals surface area contributed by atoms with Gasteiger partial charge in [0.15, 0.2) is 0 Å². The fourth-order valence-corrected chi connectivity index (χ4v) is 2.56. The molecule has 0 radical (unpaired) electrons. The summed E-state index contributed by atoms with van der Waals surface area (Å²) in [6, 6.07) is 10.1. The number of nitro groups is 1. The van der Waals surface area contributed by atoms with Gasteiger partial charge in [-0.3, -0.25) is 10.1 Å². The van der Waals surface area contributed by atoms with Gasteiger partial charge in [-0.25, -0.2) is 9.78 Å². The number of methoxy groups -OCH3 is 1. The first-order valence-electron chi connectivity index (χ1n) is 7.54. The Kier molecular flexibility index (Phi) is 4.34. The van der Waals surface area contributed by atoms with Crippen LogP contribution in [0.1, 0.15) is 21.7 Å². The van der Waals surface area contributed by atoms with Gasteiger partial charge in [-0.15, -0.1) is 0 Å². The van der Waals surface area contributed by atoms with Gasteiger partial charge < -0.3 is 14.5 Å². The van der Waals surface area contributed by atoms with Crippen molar-refractivity contribution < 1.29 is 14.5 Å². The molecule has 0 spiro atoms. The number of fused-ring (bicyclic) bond motifs is 1. The van der Waals surface area contributed by atoms with E-state index in [0.717, 1.165) is 17.0 Å². The highest BCUT2D eigenvalue weighted by molar-refractivity contribution is 5.95. The minimum absolute atomic E-state index is 0.0941. The first-order valence-corrected chi connectivity index (χ1v) is 7.54. The Morgan fingerprint density at radius 2 is 2.16 bits per heavy atom. The lowest BCUT2D eigenvalue weighted by Gasteiger charge is -2.07. The molecule has 2 aromatic heterocycles. The zero-order valence-corrected chi connectivity index (χ0v) is 13.7. The molecule has 25 heavy (non-hydrogen) atoms. The normalized spacial score (nSPS) is 10.6. The van der Waals surface area contributed by atoms with Gasteiger partial charge in [-0.05, 0) is 31.2 Å². The van der Waals surface area contributed by atoms with Crippen molar-refractivity contribution in [1.29, 1.82) is 0 Å². The van der Waals surface area contributed by atoms with Crippen molar-refractivity contribution in [3.63, 3.8) is 0 Å². The number of nitrogens with zero attached hydrogens (tertiary/aromatic N) is 3. The number of nitro benzene ring substituents is 1. The first kappa shape index (κ1) is 16.4. The molecule has 0 saturated heterocycles. The molecule has 1 N–H and O–H groups in total. The summed E-state index contributed by atoms with van der Waals surface area (Å²) in [5.41, 5.74) is 2.91. The number of carbonyl (C=O) groups excluding carboxylic acids is 1. The number of hydrogen-bond acceptors (Lipinski definition) is 6. The van der Waals surface area contributed by atoms with Crippen molar-refractivity contribution in [2.45, 2.75) is 13.5 Å². The van der Waals surface area contributed by atoms with Crippen LogP contribution in [0.2, 0.25) is 0 Å². The van der Waals surface area contributed by atoms with Gasteiger partial charge >= 0.3 is 5.97 Å². The number of hydrogen-bond donors (Lipinski definition) is 1. The summed E-state index contributed by atoms with van der Waals surface area (Å²) in [4.78, 5) is 26.7. The highest BCUT2D eigenvalue weighted by Gasteiger charge is 2.21. The number of pyridine rings is 1. The molecule has 0 aliphatic carbocycles. The minimum Gasteiger partial charge on any atom is -0.465 e. The molecule has 0 amide bonds. The van der Waals surface area contributed by atoms with E-state index >= 15 is 0 Å². The smallest absolute Gasteiger partial charge is 0.344 e. The highest BCUT2D eigenvalue weighted by atomic mass is 16.6. The second kappa shape index (κ2) is 6.60. The standard InChI is InChI=1S/C17H16N4O4/c1-11-4-3-5-16-19-13(10-20(11)16)9-18-12-6-7-15(21(23)24)14(8-12)17(22)25-2/h3-8,10,18H,9H2,1-2H3. The molecule has 3 aromatic rings. The highest BCUT2D eigenvalue weighted by Crippen LogP contribution is 2.24. The third-order valence-electron chi connectivity index (χ3n) is 3.82. The monoisotopic (exact) mass is 340 g/mol. The lowest BCUT2D eigenvalue weighted by Crippen LogP contribution is -2.07. The number of benzene rings is 1. The van der Waals surface area contributed by atoms with Crippen LogP contribution >= 0.6 is 0 Å². The maximum Gasteiger partial charge on any atom is 0.344 e. The quantitative estimate of drug-likeness (QED) is 0.435. The van der Waals surface area contributed by atoms with Gasteiger partial charge in [-0.1, -0.05) is 6.07 Å². The second-order valence-electron chi connectivity index (χ2n) is 5.46. The van der Waals surface area contributed by atoms with Crippen LogP contribution < -0.4 is 5.32 Å². The molecular formula is C17H16N4O4. The summed E-state index contributed by atoms with van der Waals surface area (Å²) in [5.74, 6) is -0.751. The SMILES string of the molecule is COC(=O)c1cc(NCc2cn3c(C)cccc3n2)ccc1[N+](=O)[O-]. The lowest BCUT2D eigenvalue weighted by atomic mass is 10.1. The van der Waals surface area contributed by atoms with E-state index in [1.54, 1.807) is 6.07 Å². The Hall–Kier alpha value is -3.42. The molecule has 0 aliphatic heterocycles.